The van der Waals surface area contributed by atoms with E-state index in [0.717, 1.165) is 21.8 Å². The van der Waals surface area contributed by atoms with Gasteiger partial charge in [-0.1, -0.05) is 48.0 Å². The predicted molar refractivity (Wildman–Crippen MR) is 112 cm³/mol. The van der Waals surface area contributed by atoms with Gasteiger partial charge in [-0.25, -0.2) is 9.67 Å². The number of aromatic nitrogens is 3. The molecule has 0 unspecified atom stereocenters. The van der Waals surface area contributed by atoms with E-state index in [1.807, 2.05) is 58.7 Å². The normalized spacial score (nSPS) is 10.8. The first-order valence-corrected chi connectivity index (χ1v) is 9.85. The summed E-state index contributed by atoms with van der Waals surface area (Å²) in [5, 5.41) is 7.06. The lowest BCUT2D eigenvalue weighted by molar-refractivity contribution is 0.0780. The van der Waals surface area contributed by atoms with E-state index in [1.54, 1.807) is 18.1 Å². The molecule has 5 nitrogen and oxygen atoms in total. The van der Waals surface area contributed by atoms with Crippen LogP contribution in [0, 0.1) is 6.92 Å². The van der Waals surface area contributed by atoms with Gasteiger partial charge in [0.15, 0.2) is 0 Å². The maximum atomic E-state index is 12.8. The third-order valence-corrected chi connectivity index (χ3v) is 5.34. The van der Waals surface area contributed by atoms with Crippen LogP contribution < -0.4 is 0 Å². The van der Waals surface area contributed by atoms with Crippen molar-refractivity contribution in [2.24, 2.45) is 0 Å². The van der Waals surface area contributed by atoms with E-state index in [4.69, 9.17) is 0 Å². The molecule has 1 amide bonds. The second kappa shape index (κ2) is 7.78. The molecular weight excluding hydrogens is 368 g/mol. The van der Waals surface area contributed by atoms with Crippen LogP contribution in [0.2, 0.25) is 0 Å². The van der Waals surface area contributed by atoms with Crippen molar-refractivity contribution in [1.29, 1.82) is 0 Å². The van der Waals surface area contributed by atoms with Crippen LogP contribution in [0.15, 0.2) is 72.4 Å². The number of nitrogens with zero attached hydrogens (tertiary/aromatic N) is 4. The summed E-state index contributed by atoms with van der Waals surface area (Å²) in [6, 6.07) is 18.1. The Morgan fingerprint density at radius 1 is 1.11 bits per heavy atom. The fourth-order valence-electron chi connectivity index (χ4n) is 2.91. The van der Waals surface area contributed by atoms with Crippen LogP contribution >= 0.6 is 11.3 Å². The Morgan fingerprint density at radius 2 is 1.86 bits per heavy atom. The van der Waals surface area contributed by atoms with Crippen molar-refractivity contribution >= 4 is 17.2 Å². The zero-order valence-electron chi connectivity index (χ0n) is 15.7. The monoisotopic (exact) mass is 388 g/mol. The molecule has 0 spiro atoms. The van der Waals surface area contributed by atoms with Gasteiger partial charge in [0.2, 0.25) is 0 Å². The number of amides is 1. The molecule has 2 aromatic carbocycles. The Morgan fingerprint density at radius 3 is 2.61 bits per heavy atom. The smallest absolute Gasteiger partial charge is 0.273 e. The van der Waals surface area contributed by atoms with E-state index >= 15 is 0 Å². The van der Waals surface area contributed by atoms with Gasteiger partial charge < -0.3 is 4.90 Å². The molecule has 0 saturated carbocycles. The second-order valence-electron chi connectivity index (χ2n) is 6.69. The van der Waals surface area contributed by atoms with E-state index in [1.165, 1.54) is 16.9 Å². The van der Waals surface area contributed by atoms with Gasteiger partial charge in [-0.2, -0.15) is 5.10 Å². The van der Waals surface area contributed by atoms with Crippen LogP contribution in [0.25, 0.3) is 16.3 Å². The number of rotatable bonds is 5. The fraction of sp³-hybridized carbons (Fsp3) is 0.136. The maximum Gasteiger partial charge on any atom is 0.273 e. The summed E-state index contributed by atoms with van der Waals surface area (Å²) < 4.78 is 1.81. The molecule has 0 radical (unpaired) electrons. The molecule has 28 heavy (non-hydrogen) atoms. The Kier molecular flexibility index (Phi) is 5.04. The Labute approximate surface area is 167 Å². The number of aryl methyl sites for hydroxylation is 1. The predicted octanol–water partition coefficient (Wildman–Crippen LogP) is 4.58. The number of thiazole rings is 1. The van der Waals surface area contributed by atoms with Gasteiger partial charge in [-0.15, -0.1) is 11.3 Å². The molecular formula is C22H20N4OS. The molecule has 0 aliphatic heterocycles. The summed E-state index contributed by atoms with van der Waals surface area (Å²) in [5.74, 6) is -0.0953. The number of benzene rings is 2. The molecule has 0 aliphatic carbocycles. The number of carbonyl (C=O) groups is 1. The largest absolute Gasteiger partial charge is 0.336 e. The van der Waals surface area contributed by atoms with E-state index in [-0.39, 0.29) is 5.91 Å². The van der Waals surface area contributed by atoms with E-state index in [0.29, 0.717) is 12.2 Å². The highest BCUT2D eigenvalue weighted by Gasteiger charge is 2.17. The SMILES string of the molecule is Cc1ccc(-c2nc(C(=O)N(C)Cc3cnn(-c4ccccc4)c3)cs2)cc1. The average Bonchev–Trinajstić information content (AvgIpc) is 3.39. The third kappa shape index (κ3) is 3.87. The summed E-state index contributed by atoms with van der Waals surface area (Å²) in [7, 11) is 1.78. The summed E-state index contributed by atoms with van der Waals surface area (Å²) in [4.78, 5) is 19.0. The minimum Gasteiger partial charge on any atom is -0.336 e. The van der Waals surface area contributed by atoms with Gasteiger partial charge in [0, 0.05) is 36.3 Å². The van der Waals surface area contributed by atoms with Crippen molar-refractivity contribution in [3.8, 4) is 16.3 Å². The molecule has 140 valence electrons. The number of carbonyl (C=O) groups excluding carboxylic acids is 1. The summed E-state index contributed by atoms with van der Waals surface area (Å²) >= 11 is 1.49. The second-order valence-corrected chi connectivity index (χ2v) is 7.55. The van der Waals surface area contributed by atoms with Crippen molar-refractivity contribution < 1.29 is 4.79 Å². The first-order chi connectivity index (χ1) is 13.6. The quantitative estimate of drug-likeness (QED) is 0.503. The van der Waals surface area contributed by atoms with E-state index in [2.05, 4.69) is 29.1 Å². The molecule has 0 fully saturated rings. The van der Waals surface area contributed by atoms with E-state index < -0.39 is 0 Å². The highest BCUT2D eigenvalue weighted by molar-refractivity contribution is 7.13. The Bertz CT molecular complexity index is 1080. The lowest BCUT2D eigenvalue weighted by Gasteiger charge is -2.14. The van der Waals surface area contributed by atoms with Gasteiger partial charge in [0.05, 0.1) is 11.9 Å². The number of para-hydroxylation sites is 1. The van der Waals surface area contributed by atoms with Gasteiger partial charge >= 0.3 is 0 Å². The van der Waals surface area contributed by atoms with Gasteiger partial charge in [-0.3, -0.25) is 4.79 Å². The first kappa shape index (κ1) is 18.1. The highest BCUT2D eigenvalue weighted by atomic mass is 32.1. The first-order valence-electron chi connectivity index (χ1n) is 8.97. The van der Waals surface area contributed by atoms with Crippen molar-refractivity contribution in [2.75, 3.05) is 7.05 Å². The van der Waals surface area contributed by atoms with E-state index in [9.17, 15) is 4.79 Å². The van der Waals surface area contributed by atoms with Crippen LogP contribution in [0.3, 0.4) is 0 Å². The van der Waals surface area contributed by atoms with Crippen LogP contribution in [0.1, 0.15) is 21.6 Å². The topological polar surface area (TPSA) is 51.0 Å². The molecule has 4 rings (SSSR count). The Balaban J connectivity index is 1.45. The molecule has 6 heteroatoms. The van der Waals surface area contributed by atoms with Crippen LogP contribution in [-0.4, -0.2) is 32.6 Å². The maximum absolute atomic E-state index is 12.8. The molecule has 2 aromatic heterocycles. The fourth-order valence-corrected chi connectivity index (χ4v) is 3.71. The summed E-state index contributed by atoms with van der Waals surface area (Å²) in [6.07, 6.45) is 3.73. The molecule has 4 aromatic rings. The zero-order valence-corrected chi connectivity index (χ0v) is 16.6. The molecule has 2 heterocycles. The molecule has 0 N–H and O–H groups in total. The molecule has 0 atom stereocenters. The number of hydrogen-bond donors (Lipinski definition) is 0. The molecule has 0 bridgehead atoms. The third-order valence-electron chi connectivity index (χ3n) is 4.45. The van der Waals surface area contributed by atoms with Crippen molar-refractivity contribution in [2.45, 2.75) is 13.5 Å². The van der Waals surface area contributed by atoms with Gasteiger partial charge in [0.1, 0.15) is 10.7 Å². The molecule has 0 saturated heterocycles. The number of hydrogen-bond acceptors (Lipinski definition) is 4. The van der Waals surface area contributed by atoms with Gasteiger partial charge in [-0.05, 0) is 19.1 Å². The standard InChI is InChI=1S/C22H20N4OS/c1-16-8-10-18(11-9-16)21-24-20(15-28-21)22(27)25(2)13-17-12-23-26(14-17)19-6-4-3-5-7-19/h3-12,14-15H,13H2,1-2H3. The minimum atomic E-state index is -0.0953. The van der Waals surface area contributed by atoms with Crippen molar-refractivity contribution in [3.63, 3.8) is 0 Å². The van der Waals surface area contributed by atoms with Crippen molar-refractivity contribution in [1.82, 2.24) is 19.7 Å². The average molecular weight is 388 g/mol. The summed E-state index contributed by atoms with van der Waals surface area (Å²) in [6.45, 7) is 2.53. The Hall–Kier alpha value is -3.25. The van der Waals surface area contributed by atoms with Gasteiger partial charge in [0.25, 0.3) is 5.91 Å². The minimum absolute atomic E-state index is 0.0953. The lowest BCUT2D eigenvalue weighted by Crippen LogP contribution is -2.26. The van der Waals surface area contributed by atoms with Crippen LogP contribution in [-0.2, 0) is 6.54 Å². The lowest BCUT2D eigenvalue weighted by atomic mass is 10.2. The van der Waals surface area contributed by atoms with Crippen molar-refractivity contribution in [3.05, 3.63) is 89.2 Å². The molecule has 0 aliphatic rings. The summed E-state index contributed by atoms with van der Waals surface area (Å²) in [5.41, 5.74) is 4.66. The van der Waals surface area contributed by atoms with Crippen LogP contribution in [0.5, 0.6) is 0 Å². The van der Waals surface area contributed by atoms with Crippen LogP contribution in [0.4, 0.5) is 0 Å². The highest BCUT2D eigenvalue weighted by Crippen LogP contribution is 2.24. The zero-order chi connectivity index (χ0) is 19.5.